The van der Waals surface area contributed by atoms with Crippen molar-refractivity contribution in [3.05, 3.63) is 47.5 Å². The average molecular weight is 233 g/mol. The molecule has 0 spiro atoms. The van der Waals surface area contributed by atoms with E-state index in [-0.39, 0.29) is 17.3 Å². The molecule has 0 fully saturated rings. The number of hydrogen-bond acceptors (Lipinski definition) is 2. The summed E-state index contributed by atoms with van der Waals surface area (Å²) in [4.78, 5) is 11.8. The standard InChI is InChI=1S/C12H12FN3O/c1-8-3-4-9(5-11(8)13)12(17)15-10-6-14-16(2)7-10/h3-7H,1-2H3,(H,15,17). The fraction of sp³-hybridized carbons (Fsp3) is 0.167. The molecule has 0 saturated carbocycles. The number of aromatic nitrogens is 2. The lowest BCUT2D eigenvalue weighted by molar-refractivity contribution is 0.102. The summed E-state index contributed by atoms with van der Waals surface area (Å²) in [5, 5.41) is 6.56. The van der Waals surface area contributed by atoms with Crippen molar-refractivity contribution in [2.45, 2.75) is 6.92 Å². The number of carbonyl (C=O) groups excluding carboxylic acids is 1. The van der Waals surface area contributed by atoms with Crippen molar-refractivity contribution in [3.8, 4) is 0 Å². The van der Waals surface area contributed by atoms with E-state index in [0.29, 0.717) is 11.3 Å². The van der Waals surface area contributed by atoms with Crippen molar-refractivity contribution in [1.82, 2.24) is 9.78 Å². The molecule has 88 valence electrons. The maximum atomic E-state index is 13.3. The van der Waals surface area contributed by atoms with Gasteiger partial charge in [-0.2, -0.15) is 5.10 Å². The number of nitrogens with zero attached hydrogens (tertiary/aromatic N) is 2. The minimum Gasteiger partial charge on any atom is -0.319 e. The van der Waals surface area contributed by atoms with Gasteiger partial charge in [0.05, 0.1) is 11.9 Å². The third-order valence-corrected chi connectivity index (χ3v) is 2.40. The van der Waals surface area contributed by atoms with E-state index in [1.165, 1.54) is 12.3 Å². The van der Waals surface area contributed by atoms with Gasteiger partial charge in [0.25, 0.3) is 5.91 Å². The molecule has 0 radical (unpaired) electrons. The van der Waals surface area contributed by atoms with Crippen LogP contribution in [0.3, 0.4) is 0 Å². The summed E-state index contributed by atoms with van der Waals surface area (Å²) < 4.78 is 14.9. The van der Waals surface area contributed by atoms with Gasteiger partial charge < -0.3 is 5.32 Å². The smallest absolute Gasteiger partial charge is 0.255 e. The summed E-state index contributed by atoms with van der Waals surface area (Å²) in [6.07, 6.45) is 3.20. The molecule has 0 aliphatic carbocycles. The Labute approximate surface area is 98.1 Å². The van der Waals surface area contributed by atoms with Crippen LogP contribution in [0.1, 0.15) is 15.9 Å². The van der Waals surface area contributed by atoms with Gasteiger partial charge in [-0.25, -0.2) is 4.39 Å². The molecule has 0 bridgehead atoms. The van der Waals surface area contributed by atoms with Gasteiger partial charge in [-0.3, -0.25) is 9.48 Å². The number of rotatable bonds is 2. The predicted molar refractivity (Wildman–Crippen MR) is 62.3 cm³/mol. The third-order valence-electron chi connectivity index (χ3n) is 2.40. The van der Waals surface area contributed by atoms with Crippen LogP contribution in [-0.2, 0) is 7.05 Å². The van der Waals surface area contributed by atoms with Gasteiger partial charge in [0.15, 0.2) is 0 Å². The Balaban J connectivity index is 2.17. The van der Waals surface area contributed by atoms with Crippen LogP contribution in [0, 0.1) is 12.7 Å². The minimum atomic E-state index is -0.385. The molecule has 1 aromatic carbocycles. The second-order valence-electron chi connectivity index (χ2n) is 3.82. The van der Waals surface area contributed by atoms with Crippen molar-refractivity contribution in [2.75, 3.05) is 5.32 Å². The van der Waals surface area contributed by atoms with E-state index < -0.39 is 0 Å². The van der Waals surface area contributed by atoms with Crippen molar-refractivity contribution in [2.24, 2.45) is 7.05 Å². The number of hydrogen-bond donors (Lipinski definition) is 1. The zero-order valence-corrected chi connectivity index (χ0v) is 9.57. The van der Waals surface area contributed by atoms with Gasteiger partial charge in [-0.15, -0.1) is 0 Å². The van der Waals surface area contributed by atoms with E-state index in [4.69, 9.17) is 0 Å². The SMILES string of the molecule is Cc1ccc(C(=O)Nc2cnn(C)c2)cc1F. The first-order valence-electron chi connectivity index (χ1n) is 5.12. The quantitative estimate of drug-likeness (QED) is 0.863. The topological polar surface area (TPSA) is 46.9 Å². The molecule has 1 aromatic heterocycles. The first-order chi connectivity index (χ1) is 8.06. The Morgan fingerprint density at radius 1 is 1.47 bits per heavy atom. The Kier molecular flexibility index (Phi) is 2.91. The van der Waals surface area contributed by atoms with Crippen LogP contribution in [0.25, 0.3) is 0 Å². The van der Waals surface area contributed by atoms with E-state index in [0.717, 1.165) is 0 Å². The third kappa shape index (κ3) is 2.50. The molecule has 0 unspecified atom stereocenters. The van der Waals surface area contributed by atoms with Gasteiger partial charge in [0, 0.05) is 18.8 Å². The molecule has 1 heterocycles. The number of amides is 1. The monoisotopic (exact) mass is 233 g/mol. The van der Waals surface area contributed by atoms with Gasteiger partial charge in [-0.1, -0.05) is 6.07 Å². The van der Waals surface area contributed by atoms with Crippen molar-refractivity contribution < 1.29 is 9.18 Å². The molecule has 0 aliphatic rings. The van der Waals surface area contributed by atoms with Crippen molar-refractivity contribution in [3.63, 3.8) is 0 Å². The maximum absolute atomic E-state index is 13.3. The second-order valence-corrected chi connectivity index (χ2v) is 3.82. The normalized spacial score (nSPS) is 10.3. The molecule has 0 saturated heterocycles. The molecular formula is C12H12FN3O. The number of benzene rings is 1. The van der Waals surface area contributed by atoms with Crippen LogP contribution >= 0.6 is 0 Å². The van der Waals surface area contributed by atoms with Crippen LogP contribution in [0.4, 0.5) is 10.1 Å². The molecule has 0 aliphatic heterocycles. The van der Waals surface area contributed by atoms with Gasteiger partial charge in [0.1, 0.15) is 5.82 Å². The molecule has 2 aromatic rings. The highest BCUT2D eigenvalue weighted by Crippen LogP contribution is 2.11. The highest BCUT2D eigenvalue weighted by Gasteiger charge is 2.09. The number of halogens is 1. The molecule has 1 N–H and O–H groups in total. The van der Waals surface area contributed by atoms with E-state index in [9.17, 15) is 9.18 Å². The zero-order valence-electron chi connectivity index (χ0n) is 9.57. The van der Waals surface area contributed by atoms with Crippen LogP contribution in [-0.4, -0.2) is 15.7 Å². The van der Waals surface area contributed by atoms with E-state index in [1.807, 2.05) is 0 Å². The lowest BCUT2D eigenvalue weighted by atomic mass is 10.1. The first kappa shape index (κ1) is 11.3. The summed E-state index contributed by atoms with van der Waals surface area (Å²) in [5.41, 5.74) is 1.39. The number of anilines is 1. The molecule has 4 nitrogen and oxygen atoms in total. The number of nitrogens with one attached hydrogen (secondary N) is 1. The molecule has 5 heteroatoms. The van der Waals surface area contributed by atoms with Gasteiger partial charge in [-0.05, 0) is 24.6 Å². The van der Waals surface area contributed by atoms with Gasteiger partial charge >= 0.3 is 0 Å². The molecule has 2 rings (SSSR count). The van der Waals surface area contributed by atoms with Crippen LogP contribution in [0.15, 0.2) is 30.6 Å². The Hall–Kier alpha value is -2.17. The Bertz CT molecular complexity index is 563. The highest BCUT2D eigenvalue weighted by molar-refractivity contribution is 6.04. The second kappa shape index (κ2) is 4.37. The summed E-state index contributed by atoms with van der Waals surface area (Å²) in [7, 11) is 1.75. The van der Waals surface area contributed by atoms with Gasteiger partial charge in [0.2, 0.25) is 0 Å². The summed E-state index contributed by atoms with van der Waals surface area (Å²) in [6.45, 7) is 1.65. The molecule has 1 amide bonds. The predicted octanol–water partition coefficient (Wildman–Crippen LogP) is 2.12. The zero-order chi connectivity index (χ0) is 12.4. The van der Waals surface area contributed by atoms with Crippen LogP contribution in [0.2, 0.25) is 0 Å². The lowest BCUT2D eigenvalue weighted by Crippen LogP contribution is -2.11. The Morgan fingerprint density at radius 2 is 2.24 bits per heavy atom. The fourth-order valence-electron chi connectivity index (χ4n) is 1.42. The summed E-state index contributed by atoms with van der Waals surface area (Å²) >= 11 is 0. The van der Waals surface area contributed by atoms with Crippen molar-refractivity contribution >= 4 is 11.6 Å². The summed E-state index contributed by atoms with van der Waals surface area (Å²) in [5.74, 6) is -0.735. The lowest BCUT2D eigenvalue weighted by Gasteiger charge is -2.03. The average Bonchev–Trinajstić information content (AvgIpc) is 2.68. The summed E-state index contributed by atoms with van der Waals surface area (Å²) in [6, 6.07) is 4.39. The first-order valence-corrected chi connectivity index (χ1v) is 5.12. The molecule has 0 atom stereocenters. The van der Waals surface area contributed by atoms with E-state index in [1.54, 1.807) is 37.0 Å². The maximum Gasteiger partial charge on any atom is 0.255 e. The molecular weight excluding hydrogens is 221 g/mol. The number of carbonyl (C=O) groups is 1. The number of aryl methyl sites for hydroxylation is 2. The Morgan fingerprint density at radius 3 is 2.82 bits per heavy atom. The van der Waals surface area contributed by atoms with E-state index in [2.05, 4.69) is 10.4 Å². The highest BCUT2D eigenvalue weighted by atomic mass is 19.1. The molecule has 17 heavy (non-hydrogen) atoms. The van der Waals surface area contributed by atoms with Crippen LogP contribution < -0.4 is 5.32 Å². The largest absolute Gasteiger partial charge is 0.319 e. The minimum absolute atomic E-state index is 0.289. The van der Waals surface area contributed by atoms with Crippen LogP contribution in [0.5, 0.6) is 0 Å². The van der Waals surface area contributed by atoms with E-state index >= 15 is 0 Å². The fourth-order valence-corrected chi connectivity index (χ4v) is 1.42. The van der Waals surface area contributed by atoms with Crippen molar-refractivity contribution in [1.29, 1.82) is 0 Å².